The Kier molecular flexibility index (Phi) is 6.42. The fourth-order valence-electron chi connectivity index (χ4n) is 2.89. The maximum Gasteiger partial charge on any atom is 0.338 e. The average molecular weight is 408 g/mol. The lowest BCUT2D eigenvalue weighted by molar-refractivity contribution is 0.0600. The number of aldehydes is 1. The van der Waals surface area contributed by atoms with Gasteiger partial charge in [-0.15, -0.1) is 0 Å². The van der Waals surface area contributed by atoms with E-state index in [-0.39, 0.29) is 5.78 Å². The van der Waals surface area contributed by atoms with E-state index in [0.717, 1.165) is 6.29 Å². The van der Waals surface area contributed by atoms with Gasteiger partial charge in [-0.3, -0.25) is 9.59 Å². The number of methoxy groups -OCH3 is 1. The van der Waals surface area contributed by atoms with Gasteiger partial charge in [-0.2, -0.15) is 0 Å². The van der Waals surface area contributed by atoms with Crippen molar-refractivity contribution in [2.24, 2.45) is 0 Å². The number of esters is 1. The zero-order valence-corrected chi connectivity index (χ0v) is 16.4. The Labute approximate surface area is 173 Å². The third-order valence-electron chi connectivity index (χ3n) is 4.39. The van der Waals surface area contributed by atoms with Crippen LogP contribution in [0.1, 0.15) is 42.3 Å². The molecule has 0 saturated carbocycles. The van der Waals surface area contributed by atoms with E-state index in [2.05, 4.69) is 0 Å². The van der Waals surface area contributed by atoms with Crippen LogP contribution in [0.2, 0.25) is 5.02 Å². The van der Waals surface area contributed by atoms with Gasteiger partial charge in [0.15, 0.2) is 0 Å². The molecule has 5 nitrogen and oxygen atoms in total. The van der Waals surface area contributed by atoms with Gasteiger partial charge in [0.1, 0.15) is 6.29 Å². The number of hydrogen-bond donors (Lipinski definition) is 0. The Hall–Kier alpha value is -3.44. The van der Waals surface area contributed by atoms with Gasteiger partial charge in [-0.1, -0.05) is 54.1 Å². The number of rotatable bonds is 7. The summed E-state index contributed by atoms with van der Waals surface area (Å²) in [7, 11) is 1.32. The van der Waals surface area contributed by atoms with E-state index < -0.39 is 5.97 Å². The predicted octanol–water partition coefficient (Wildman–Crippen LogP) is 4.69. The lowest BCUT2D eigenvalue weighted by Gasteiger charge is -2.07. The third kappa shape index (κ3) is 4.70. The molecular weight excluding hydrogens is 390 g/mol. The summed E-state index contributed by atoms with van der Waals surface area (Å²) < 4.78 is 6.60. The van der Waals surface area contributed by atoms with Gasteiger partial charge in [0, 0.05) is 28.9 Å². The zero-order chi connectivity index (χ0) is 20.8. The second-order valence-electron chi connectivity index (χ2n) is 6.24. The molecule has 0 saturated heterocycles. The number of carbonyl (C=O) groups is 3. The van der Waals surface area contributed by atoms with Crippen molar-refractivity contribution in [1.82, 2.24) is 4.57 Å². The molecule has 3 rings (SSSR count). The van der Waals surface area contributed by atoms with Crippen molar-refractivity contribution < 1.29 is 19.1 Å². The maximum atomic E-state index is 12.8. The maximum absolute atomic E-state index is 12.8. The van der Waals surface area contributed by atoms with Gasteiger partial charge in [0.05, 0.1) is 18.4 Å². The summed E-state index contributed by atoms with van der Waals surface area (Å²) in [6, 6.07) is 15.0. The number of benzene rings is 2. The largest absolute Gasteiger partial charge is 0.465 e. The Balaban J connectivity index is 1.79. The van der Waals surface area contributed by atoms with Crippen molar-refractivity contribution in [3.05, 3.63) is 99.8 Å². The normalized spacial score (nSPS) is 10.8. The van der Waals surface area contributed by atoms with E-state index in [1.165, 1.54) is 7.11 Å². The second kappa shape index (κ2) is 9.17. The first-order valence-corrected chi connectivity index (χ1v) is 9.20. The Morgan fingerprint density at radius 2 is 1.86 bits per heavy atom. The first-order chi connectivity index (χ1) is 14.0. The minimum Gasteiger partial charge on any atom is -0.465 e. The third-order valence-corrected chi connectivity index (χ3v) is 4.63. The molecule has 0 unspecified atom stereocenters. The summed E-state index contributed by atoms with van der Waals surface area (Å²) in [5.74, 6) is -0.606. The molecule has 0 amide bonds. The molecule has 0 radical (unpaired) electrons. The lowest BCUT2D eigenvalue weighted by atomic mass is 10.1. The molecule has 0 atom stereocenters. The van der Waals surface area contributed by atoms with Crippen molar-refractivity contribution >= 4 is 35.7 Å². The van der Waals surface area contributed by atoms with Crippen LogP contribution in [0.3, 0.4) is 0 Å². The van der Waals surface area contributed by atoms with E-state index in [9.17, 15) is 14.4 Å². The molecule has 0 aliphatic rings. The van der Waals surface area contributed by atoms with Gasteiger partial charge < -0.3 is 9.30 Å². The van der Waals surface area contributed by atoms with Crippen molar-refractivity contribution in [2.45, 2.75) is 6.54 Å². The summed E-state index contributed by atoms with van der Waals surface area (Å²) >= 11 is 5.97. The van der Waals surface area contributed by atoms with E-state index in [4.69, 9.17) is 16.3 Å². The van der Waals surface area contributed by atoms with Crippen molar-refractivity contribution in [3.63, 3.8) is 0 Å². The smallest absolute Gasteiger partial charge is 0.338 e. The van der Waals surface area contributed by atoms with Crippen LogP contribution >= 0.6 is 11.6 Å². The minimum absolute atomic E-state index is 0.136. The first-order valence-electron chi connectivity index (χ1n) is 8.83. The highest BCUT2D eigenvalue weighted by Gasteiger charge is 2.13. The number of hydrogen-bond acceptors (Lipinski definition) is 4. The van der Waals surface area contributed by atoms with Crippen LogP contribution in [-0.4, -0.2) is 29.7 Å². The fourth-order valence-corrected chi connectivity index (χ4v) is 3.07. The summed E-state index contributed by atoms with van der Waals surface area (Å²) in [5, 5.41) is 0.446. The summed E-state index contributed by atoms with van der Waals surface area (Å²) in [5.41, 5.74) is 2.59. The minimum atomic E-state index is -0.470. The molecule has 2 aromatic carbocycles. The zero-order valence-electron chi connectivity index (χ0n) is 15.7. The fraction of sp³-hybridized carbons (Fsp3) is 0.0870. The average Bonchev–Trinajstić information content (AvgIpc) is 3.22. The molecule has 0 N–H and O–H groups in total. The topological polar surface area (TPSA) is 65.4 Å². The standard InChI is InChI=1S/C23H18ClNO4/c1-29-23(28)20-14-19(24)11-10-17(20)4-2-12-25-13-3-5-21(25)22(27)18-8-6-16(15-26)7-9-18/h2-11,13-15H,12H2,1H3. The van der Waals surface area contributed by atoms with E-state index in [1.54, 1.807) is 71.4 Å². The summed E-state index contributed by atoms with van der Waals surface area (Å²) in [6.45, 7) is 0.434. The van der Waals surface area contributed by atoms with Crippen LogP contribution in [0, 0.1) is 0 Å². The number of ether oxygens (including phenoxy) is 1. The number of allylic oxidation sites excluding steroid dienone is 1. The highest BCUT2D eigenvalue weighted by molar-refractivity contribution is 6.31. The molecule has 0 aliphatic carbocycles. The quantitative estimate of drug-likeness (QED) is 0.324. The van der Waals surface area contributed by atoms with Crippen molar-refractivity contribution in [3.8, 4) is 0 Å². The van der Waals surface area contributed by atoms with Gasteiger partial charge in [0.25, 0.3) is 0 Å². The van der Waals surface area contributed by atoms with E-state index >= 15 is 0 Å². The number of aromatic nitrogens is 1. The van der Waals surface area contributed by atoms with Gasteiger partial charge >= 0.3 is 5.97 Å². The predicted molar refractivity (Wildman–Crippen MR) is 112 cm³/mol. The number of carbonyl (C=O) groups excluding carboxylic acids is 3. The number of nitrogens with zero attached hydrogens (tertiary/aromatic N) is 1. The Morgan fingerprint density at radius 3 is 2.55 bits per heavy atom. The van der Waals surface area contributed by atoms with Crippen LogP contribution < -0.4 is 0 Å². The Morgan fingerprint density at radius 1 is 1.10 bits per heavy atom. The summed E-state index contributed by atoms with van der Waals surface area (Å²) in [6.07, 6.45) is 6.18. The molecule has 29 heavy (non-hydrogen) atoms. The van der Waals surface area contributed by atoms with Crippen LogP contribution in [0.15, 0.2) is 66.9 Å². The van der Waals surface area contributed by atoms with Crippen LogP contribution in [0.25, 0.3) is 6.08 Å². The lowest BCUT2D eigenvalue weighted by Crippen LogP contribution is -2.09. The molecule has 0 spiro atoms. The molecule has 3 aromatic rings. The highest BCUT2D eigenvalue weighted by Crippen LogP contribution is 2.19. The van der Waals surface area contributed by atoms with Crippen LogP contribution in [0.5, 0.6) is 0 Å². The second-order valence-corrected chi connectivity index (χ2v) is 6.68. The highest BCUT2D eigenvalue weighted by atomic mass is 35.5. The molecule has 1 heterocycles. The first kappa shape index (κ1) is 20.3. The molecule has 1 aromatic heterocycles. The molecule has 146 valence electrons. The molecule has 0 fully saturated rings. The number of halogens is 1. The monoisotopic (exact) mass is 407 g/mol. The molecule has 0 aliphatic heterocycles. The Bertz CT molecular complexity index is 1080. The van der Waals surface area contributed by atoms with Crippen LogP contribution in [-0.2, 0) is 11.3 Å². The summed E-state index contributed by atoms with van der Waals surface area (Å²) in [4.78, 5) is 35.5. The van der Waals surface area contributed by atoms with E-state index in [1.807, 2.05) is 6.08 Å². The molecule has 0 bridgehead atoms. The number of ketones is 1. The van der Waals surface area contributed by atoms with Gasteiger partial charge in [0.2, 0.25) is 5.78 Å². The van der Waals surface area contributed by atoms with Crippen LogP contribution in [0.4, 0.5) is 0 Å². The van der Waals surface area contributed by atoms with E-state index in [0.29, 0.717) is 39.5 Å². The van der Waals surface area contributed by atoms with Gasteiger partial charge in [-0.25, -0.2) is 4.79 Å². The molecular formula is C23H18ClNO4. The van der Waals surface area contributed by atoms with Crippen molar-refractivity contribution in [1.29, 1.82) is 0 Å². The van der Waals surface area contributed by atoms with Gasteiger partial charge in [-0.05, 0) is 29.8 Å². The molecule has 6 heteroatoms. The van der Waals surface area contributed by atoms with Crippen molar-refractivity contribution in [2.75, 3.05) is 7.11 Å². The SMILES string of the molecule is COC(=O)c1cc(Cl)ccc1C=CCn1cccc1C(=O)c1ccc(C=O)cc1.